The topological polar surface area (TPSA) is 66.4 Å². The lowest BCUT2D eigenvalue weighted by molar-refractivity contribution is -0.133. The molecular weight excluding hydrogens is 568 g/mol. The maximum absolute atomic E-state index is 14.2. The van der Waals surface area contributed by atoms with E-state index >= 15 is 0 Å². The zero-order chi connectivity index (χ0) is 30.9. The van der Waals surface area contributed by atoms with Gasteiger partial charge in [0.05, 0.1) is 6.04 Å². The van der Waals surface area contributed by atoms with Gasteiger partial charge in [0.25, 0.3) is 0 Å². The molecule has 5 rings (SSSR count). The second-order valence-electron chi connectivity index (χ2n) is 11.5. The predicted octanol–water partition coefficient (Wildman–Crippen LogP) is 6.37. The smallest absolute Gasteiger partial charge is 0.244 e. The lowest BCUT2D eigenvalue weighted by Crippen LogP contribution is -2.49. The van der Waals surface area contributed by atoms with Crippen LogP contribution < -0.4 is 10.6 Å². The number of carbonyl (C=O) groups is 2. The lowest BCUT2D eigenvalue weighted by Gasteiger charge is -2.29. The molecule has 1 aliphatic heterocycles. The zero-order valence-electron chi connectivity index (χ0n) is 25.5. The first-order valence-electron chi connectivity index (χ1n) is 15.4. The Bertz CT molecular complexity index is 1490. The Morgan fingerprint density at radius 1 is 0.932 bits per heavy atom. The van der Waals surface area contributed by atoms with Gasteiger partial charge in [-0.15, -0.1) is 0 Å². The minimum absolute atomic E-state index is 0.0411. The Balaban J connectivity index is 1.32. The van der Waals surface area contributed by atoms with Crippen LogP contribution in [0.2, 0.25) is 5.02 Å². The first kappa shape index (κ1) is 31.3. The van der Waals surface area contributed by atoms with Crippen LogP contribution in [0.3, 0.4) is 0 Å². The fraction of sp³-hybridized carbons (Fsp3) is 0.297. The first-order valence-corrected chi connectivity index (χ1v) is 15.7. The summed E-state index contributed by atoms with van der Waals surface area (Å²) in [5.74, 6) is 0.00326. The van der Waals surface area contributed by atoms with Gasteiger partial charge < -0.3 is 20.1 Å². The van der Waals surface area contributed by atoms with Crippen molar-refractivity contribution in [2.75, 3.05) is 19.6 Å². The summed E-state index contributed by atoms with van der Waals surface area (Å²) >= 11 is 5.97. The number of hydrogen-bond acceptors (Lipinski definition) is 3. The van der Waals surface area contributed by atoms with Gasteiger partial charge in [0.15, 0.2) is 0 Å². The lowest BCUT2D eigenvalue weighted by atomic mass is 9.90. The summed E-state index contributed by atoms with van der Waals surface area (Å²) in [6.45, 7) is 6.58. The van der Waals surface area contributed by atoms with Crippen LogP contribution in [-0.2, 0) is 16.1 Å². The summed E-state index contributed by atoms with van der Waals surface area (Å²) in [6.07, 6.45) is 4.71. The zero-order valence-corrected chi connectivity index (χ0v) is 26.2. The van der Waals surface area contributed by atoms with Crippen LogP contribution in [0, 0.1) is 13.8 Å². The Hall–Kier alpha value is -4.13. The predicted molar refractivity (Wildman–Crippen MR) is 179 cm³/mol. The monoisotopic (exact) mass is 608 g/mol. The van der Waals surface area contributed by atoms with Gasteiger partial charge >= 0.3 is 0 Å². The van der Waals surface area contributed by atoms with Crippen LogP contribution in [-0.4, -0.2) is 53.0 Å². The standard InChI is InChI=1S/C37H41ClN4O2/c1-27-13-14-28(2)42(27)24-22-35-37(44)41(26-34(30-9-5-3-6-10-30)31-11-7-4-8-12-31)23-21-33(40-35)25-39-36(43)20-17-29-15-18-32(38)19-16-29/h3-20,33-35,40H,21-26H2,1-2H3,(H,39,43)/b20-17+. The van der Waals surface area contributed by atoms with Gasteiger partial charge in [-0.1, -0.05) is 84.4 Å². The molecule has 2 heterocycles. The number of halogens is 1. The fourth-order valence-electron chi connectivity index (χ4n) is 5.96. The van der Waals surface area contributed by atoms with Gasteiger partial charge in [-0.2, -0.15) is 0 Å². The summed E-state index contributed by atoms with van der Waals surface area (Å²) in [5, 5.41) is 7.33. The fourth-order valence-corrected chi connectivity index (χ4v) is 6.09. The molecule has 0 saturated carbocycles. The van der Waals surface area contributed by atoms with Crippen molar-refractivity contribution in [1.82, 2.24) is 20.1 Å². The maximum Gasteiger partial charge on any atom is 0.244 e. The molecule has 2 N–H and O–H groups in total. The molecule has 0 bridgehead atoms. The normalized spacial score (nSPS) is 17.3. The number of carbonyl (C=O) groups excluding carboxylic acids is 2. The van der Waals surface area contributed by atoms with Crippen LogP contribution >= 0.6 is 11.6 Å². The number of amides is 2. The molecule has 0 aliphatic carbocycles. The van der Waals surface area contributed by atoms with E-state index < -0.39 is 0 Å². The summed E-state index contributed by atoms with van der Waals surface area (Å²) < 4.78 is 2.26. The number of nitrogens with one attached hydrogen (secondary N) is 2. The van der Waals surface area contributed by atoms with Crippen molar-refractivity contribution < 1.29 is 9.59 Å². The van der Waals surface area contributed by atoms with Crippen molar-refractivity contribution in [1.29, 1.82) is 0 Å². The van der Waals surface area contributed by atoms with E-state index in [2.05, 4.69) is 89.7 Å². The van der Waals surface area contributed by atoms with Crippen LogP contribution in [0.1, 0.15) is 46.8 Å². The second-order valence-corrected chi connectivity index (χ2v) is 12.0. The quantitative estimate of drug-likeness (QED) is 0.195. The van der Waals surface area contributed by atoms with E-state index in [0.717, 1.165) is 18.5 Å². The second kappa shape index (κ2) is 15.0. The Morgan fingerprint density at radius 2 is 1.55 bits per heavy atom. The number of aromatic nitrogens is 1. The molecule has 6 nitrogen and oxygen atoms in total. The third-order valence-corrected chi connectivity index (χ3v) is 8.73. The molecule has 2 amide bonds. The van der Waals surface area contributed by atoms with Crippen molar-refractivity contribution >= 4 is 29.5 Å². The average molecular weight is 609 g/mol. The van der Waals surface area contributed by atoms with Crippen molar-refractivity contribution in [3.63, 3.8) is 0 Å². The highest BCUT2D eigenvalue weighted by atomic mass is 35.5. The maximum atomic E-state index is 14.2. The van der Waals surface area contributed by atoms with Crippen molar-refractivity contribution in [2.24, 2.45) is 0 Å². The van der Waals surface area contributed by atoms with Gasteiger partial charge in [-0.3, -0.25) is 9.59 Å². The Kier molecular flexibility index (Phi) is 10.7. The SMILES string of the molecule is Cc1ccc(C)n1CCC1NC(CNC(=O)/C=C/c2ccc(Cl)cc2)CCN(CC(c2ccccc2)c2ccccc2)C1=O. The Morgan fingerprint density at radius 3 is 2.16 bits per heavy atom. The van der Waals surface area contributed by atoms with Crippen LogP contribution in [0.5, 0.6) is 0 Å². The van der Waals surface area contributed by atoms with Gasteiger partial charge in [-0.25, -0.2) is 0 Å². The van der Waals surface area contributed by atoms with Gasteiger partial charge in [-0.05, 0) is 73.7 Å². The van der Waals surface area contributed by atoms with Crippen LogP contribution in [0.15, 0.2) is 103 Å². The molecule has 1 aliphatic rings. The van der Waals surface area contributed by atoms with E-state index in [1.807, 2.05) is 29.2 Å². The van der Waals surface area contributed by atoms with Gasteiger partial charge in [0.1, 0.15) is 0 Å². The molecule has 7 heteroatoms. The highest BCUT2D eigenvalue weighted by Gasteiger charge is 2.32. The molecular formula is C37H41ClN4O2. The molecule has 0 spiro atoms. The molecule has 1 aromatic heterocycles. The molecule has 3 aromatic carbocycles. The van der Waals surface area contributed by atoms with E-state index in [1.54, 1.807) is 18.2 Å². The number of hydrogen-bond donors (Lipinski definition) is 2. The summed E-state index contributed by atoms with van der Waals surface area (Å²) in [4.78, 5) is 28.9. The third kappa shape index (κ3) is 8.28. The molecule has 228 valence electrons. The van der Waals surface area contributed by atoms with E-state index in [4.69, 9.17) is 11.6 Å². The van der Waals surface area contributed by atoms with E-state index in [9.17, 15) is 9.59 Å². The number of aryl methyl sites for hydroxylation is 2. The molecule has 0 radical (unpaired) electrons. The highest BCUT2D eigenvalue weighted by molar-refractivity contribution is 6.30. The molecule has 1 saturated heterocycles. The average Bonchev–Trinajstić information content (AvgIpc) is 3.29. The Labute approximate surface area is 265 Å². The third-order valence-electron chi connectivity index (χ3n) is 8.48. The largest absolute Gasteiger partial charge is 0.351 e. The molecule has 2 atom stereocenters. The molecule has 2 unspecified atom stereocenters. The number of benzene rings is 3. The number of nitrogens with zero attached hydrogens (tertiary/aromatic N) is 2. The van der Waals surface area contributed by atoms with E-state index in [1.165, 1.54) is 28.6 Å². The van der Waals surface area contributed by atoms with Crippen molar-refractivity contribution in [2.45, 2.75) is 51.2 Å². The van der Waals surface area contributed by atoms with Crippen molar-refractivity contribution in [3.8, 4) is 0 Å². The summed E-state index contributed by atoms with van der Waals surface area (Å²) in [6, 6.07) is 32.0. The summed E-state index contributed by atoms with van der Waals surface area (Å²) in [5.41, 5.74) is 5.65. The van der Waals surface area contributed by atoms with E-state index in [-0.39, 0.29) is 29.8 Å². The molecule has 1 fully saturated rings. The van der Waals surface area contributed by atoms with Crippen LogP contribution in [0.25, 0.3) is 6.08 Å². The summed E-state index contributed by atoms with van der Waals surface area (Å²) in [7, 11) is 0. The molecule has 4 aromatic rings. The minimum Gasteiger partial charge on any atom is -0.351 e. The molecule has 44 heavy (non-hydrogen) atoms. The van der Waals surface area contributed by atoms with E-state index in [0.29, 0.717) is 31.1 Å². The van der Waals surface area contributed by atoms with Gasteiger partial charge in [0.2, 0.25) is 11.8 Å². The van der Waals surface area contributed by atoms with Gasteiger partial charge in [0, 0.05) is 60.6 Å². The highest BCUT2D eigenvalue weighted by Crippen LogP contribution is 2.27. The van der Waals surface area contributed by atoms with Crippen LogP contribution in [0.4, 0.5) is 0 Å². The van der Waals surface area contributed by atoms with Crippen molar-refractivity contribution in [3.05, 3.63) is 136 Å². The minimum atomic E-state index is -0.364. The number of rotatable bonds is 11. The first-order chi connectivity index (χ1) is 21.4.